The highest BCUT2D eigenvalue weighted by Gasteiger charge is 2.40. The van der Waals surface area contributed by atoms with E-state index in [1.807, 2.05) is 0 Å². The largest absolute Gasteiger partial charge is 0.497 e. The Morgan fingerprint density at radius 1 is 1.29 bits per heavy atom. The molecule has 0 aromatic heterocycles. The van der Waals surface area contributed by atoms with E-state index in [1.165, 1.54) is 7.11 Å². The number of carbonyl (C=O) groups is 1. The van der Waals surface area contributed by atoms with Gasteiger partial charge >= 0.3 is 12.1 Å². The minimum Gasteiger partial charge on any atom is -0.497 e. The summed E-state index contributed by atoms with van der Waals surface area (Å²) in [4.78, 5) is 10.8. The molecule has 0 amide bonds. The number of aliphatic carboxylic acids is 1. The molecule has 4 nitrogen and oxygen atoms in total. The summed E-state index contributed by atoms with van der Waals surface area (Å²) in [6, 6.07) is 6.48. The number of alkyl halides is 3. The van der Waals surface area contributed by atoms with E-state index in [0.717, 1.165) is 12.2 Å². The minimum atomic E-state index is -4.48. The molecular formula is C17H17F3O4. The van der Waals surface area contributed by atoms with Crippen LogP contribution in [0.3, 0.4) is 0 Å². The van der Waals surface area contributed by atoms with Crippen LogP contribution in [0.4, 0.5) is 13.2 Å². The first-order chi connectivity index (χ1) is 11.2. The maximum absolute atomic E-state index is 13.0. The first-order valence-electron chi connectivity index (χ1n) is 7.15. The number of allylic oxidation sites excluding steroid dienone is 2. The Bertz CT molecular complexity index is 674. The highest BCUT2D eigenvalue weighted by atomic mass is 19.4. The zero-order chi connectivity index (χ0) is 18.0. The van der Waals surface area contributed by atoms with Crippen LogP contribution in [-0.2, 0) is 9.53 Å². The molecule has 7 heteroatoms. The zero-order valence-electron chi connectivity index (χ0n) is 13.2. The van der Waals surface area contributed by atoms with Gasteiger partial charge in [-0.3, -0.25) is 0 Å². The van der Waals surface area contributed by atoms with E-state index in [0.29, 0.717) is 11.3 Å². The second-order valence-electron chi connectivity index (χ2n) is 5.56. The molecule has 1 aliphatic rings. The number of rotatable bonds is 5. The van der Waals surface area contributed by atoms with Crippen LogP contribution in [0, 0.1) is 0 Å². The molecule has 2 rings (SSSR count). The lowest BCUT2D eigenvalue weighted by Crippen LogP contribution is -2.35. The number of halogens is 3. The third kappa shape index (κ3) is 3.97. The van der Waals surface area contributed by atoms with Crippen LogP contribution >= 0.6 is 0 Å². The number of hydrogen-bond acceptors (Lipinski definition) is 3. The molecule has 0 saturated heterocycles. The number of carboxylic acids is 1. The molecule has 24 heavy (non-hydrogen) atoms. The van der Waals surface area contributed by atoms with E-state index >= 15 is 0 Å². The maximum atomic E-state index is 13.0. The molecule has 0 saturated carbocycles. The molecule has 130 valence electrons. The highest BCUT2D eigenvalue weighted by Crippen LogP contribution is 2.42. The normalized spacial score (nSPS) is 21.0. The first-order valence-corrected chi connectivity index (χ1v) is 7.15. The zero-order valence-corrected chi connectivity index (χ0v) is 13.2. The lowest BCUT2D eigenvalue weighted by molar-refractivity contribution is -0.146. The van der Waals surface area contributed by atoms with Gasteiger partial charge in [-0.2, -0.15) is 13.2 Å². The van der Waals surface area contributed by atoms with Crippen molar-refractivity contribution in [2.24, 2.45) is 0 Å². The topological polar surface area (TPSA) is 55.8 Å². The standard InChI is InChI=1S/C17H17F3O4/c1-16(24-10-15(21)22)8-7-12(17(18,19)20)9-14(16)11-3-5-13(23-2)6-4-11/h3-7,9H,8,10H2,1-2H3,(H,21,22). The lowest BCUT2D eigenvalue weighted by atomic mass is 9.81. The molecule has 0 heterocycles. The first kappa shape index (κ1) is 18.1. The molecule has 0 fully saturated rings. The fourth-order valence-corrected chi connectivity index (χ4v) is 2.50. The van der Waals surface area contributed by atoms with Gasteiger partial charge in [0.05, 0.1) is 18.3 Å². The summed E-state index contributed by atoms with van der Waals surface area (Å²) < 4.78 is 49.6. The van der Waals surface area contributed by atoms with E-state index in [9.17, 15) is 18.0 Å². The fourth-order valence-electron chi connectivity index (χ4n) is 2.50. The van der Waals surface area contributed by atoms with Gasteiger partial charge in [0.25, 0.3) is 0 Å². The van der Waals surface area contributed by atoms with Crippen molar-refractivity contribution >= 4 is 11.5 Å². The quantitative estimate of drug-likeness (QED) is 0.884. The molecule has 1 unspecified atom stereocenters. The van der Waals surface area contributed by atoms with Gasteiger partial charge in [0.1, 0.15) is 12.4 Å². The van der Waals surface area contributed by atoms with Gasteiger partial charge in [-0.1, -0.05) is 18.2 Å². The predicted molar refractivity (Wildman–Crippen MR) is 81.7 cm³/mol. The van der Waals surface area contributed by atoms with Gasteiger partial charge in [0.2, 0.25) is 0 Å². The number of carboxylic acid groups (broad SMARTS) is 1. The number of hydrogen-bond donors (Lipinski definition) is 1. The van der Waals surface area contributed by atoms with Crippen molar-refractivity contribution in [2.75, 3.05) is 13.7 Å². The van der Waals surface area contributed by atoms with E-state index in [4.69, 9.17) is 14.6 Å². The summed E-state index contributed by atoms with van der Waals surface area (Å²) >= 11 is 0. The van der Waals surface area contributed by atoms with Crippen LogP contribution in [0.2, 0.25) is 0 Å². The summed E-state index contributed by atoms with van der Waals surface area (Å²) in [6.07, 6.45) is -2.53. The molecule has 1 aliphatic carbocycles. The summed E-state index contributed by atoms with van der Waals surface area (Å²) in [6.45, 7) is 0.981. The van der Waals surface area contributed by atoms with E-state index in [1.54, 1.807) is 31.2 Å². The summed E-state index contributed by atoms with van der Waals surface area (Å²) in [7, 11) is 1.49. The molecule has 0 radical (unpaired) electrons. The Hall–Kier alpha value is -2.28. The molecule has 0 spiro atoms. The smallest absolute Gasteiger partial charge is 0.416 e. The third-order valence-electron chi connectivity index (χ3n) is 3.82. The summed E-state index contributed by atoms with van der Waals surface area (Å²) in [5.41, 5.74) is -1.15. The van der Waals surface area contributed by atoms with Crippen LogP contribution < -0.4 is 4.74 Å². The Labute approximate surface area is 137 Å². The average molecular weight is 342 g/mol. The lowest BCUT2D eigenvalue weighted by Gasteiger charge is -2.35. The highest BCUT2D eigenvalue weighted by molar-refractivity contribution is 5.77. The summed E-state index contributed by atoms with van der Waals surface area (Å²) in [5.74, 6) is -0.620. The van der Waals surface area contributed by atoms with E-state index in [2.05, 4.69) is 0 Å². The molecule has 0 aliphatic heterocycles. The van der Waals surface area contributed by atoms with Gasteiger partial charge in [0, 0.05) is 0 Å². The third-order valence-corrected chi connectivity index (χ3v) is 3.82. The maximum Gasteiger partial charge on any atom is 0.416 e. The van der Waals surface area contributed by atoms with Crippen LogP contribution in [0.25, 0.3) is 5.57 Å². The minimum absolute atomic E-state index is 0.0764. The van der Waals surface area contributed by atoms with Crippen molar-refractivity contribution in [2.45, 2.75) is 25.1 Å². The Kier molecular flexibility index (Phi) is 5.03. The molecule has 1 aromatic carbocycles. The fraction of sp³-hybridized carbons (Fsp3) is 0.353. The average Bonchev–Trinajstić information content (AvgIpc) is 2.52. The van der Waals surface area contributed by atoms with Gasteiger partial charge in [-0.15, -0.1) is 0 Å². The second kappa shape index (κ2) is 6.68. The van der Waals surface area contributed by atoms with Crippen LogP contribution in [0.5, 0.6) is 5.75 Å². The van der Waals surface area contributed by atoms with Crippen LogP contribution in [0.15, 0.2) is 42.0 Å². The number of benzene rings is 1. The molecule has 0 bridgehead atoms. The van der Waals surface area contributed by atoms with Crippen molar-refractivity contribution in [1.82, 2.24) is 0 Å². The number of ether oxygens (including phenoxy) is 2. The monoisotopic (exact) mass is 342 g/mol. The molecule has 1 aromatic rings. The van der Waals surface area contributed by atoms with E-state index < -0.39 is 29.9 Å². The molecule has 1 N–H and O–H groups in total. The molecule has 1 atom stereocenters. The Morgan fingerprint density at radius 3 is 2.42 bits per heavy atom. The van der Waals surface area contributed by atoms with Gasteiger partial charge in [-0.05, 0) is 42.7 Å². The Balaban J connectivity index is 2.44. The van der Waals surface area contributed by atoms with Crippen molar-refractivity contribution in [1.29, 1.82) is 0 Å². The van der Waals surface area contributed by atoms with Gasteiger partial charge in [-0.25, -0.2) is 4.79 Å². The van der Waals surface area contributed by atoms with E-state index in [-0.39, 0.29) is 12.0 Å². The van der Waals surface area contributed by atoms with Gasteiger partial charge < -0.3 is 14.6 Å². The number of methoxy groups -OCH3 is 1. The Morgan fingerprint density at radius 2 is 1.92 bits per heavy atom. The summed E-state index contributed by atoms with van der Waals surface area (Å²) in [5, 5.41) is 8.81. The second-order valence-corrected chi connectivity index (χ2v) is 5.56. The van der Waals surface area contributed by atoms with Crippen molar-refractivity contribution in [3.63, 3.8) is 0 Å². The van der Waals surface area contributed by atoms with Crippen molar-refractivity contribution in [3.8, 4) is 5.75 Å². The molecular weight excluding hydrogens is 325 g/mol. The van der Waals surface area contributed by atoms with Crippen LogP contribution in [0.1, 0.15) is 18.9 Å². The predicted octanol–water partition coefficient (Wildman–Crippen LogP) is 3.83. The van der Waals surface area contributed by atoms with Crippen molar-refractivity contribution < 1.29 is 32.5 Å². The van der Waals surface area contributed by atoms with Gasteiger partial charge in [0.15, 0.2) is 0 Å². The van der Waals surface area contributed by atoms with Crippen LogP contribution in [-0.4, -0.2) is 36.6 Å². The van der Waals surface area contributed by atoms with Crippen molar-refractivity contribution in [3.05, 3.63) is 47.6 Å². The SMILES string of the molecule is COc1ccc(C2=CC(C(F)(F)F)=CCC2(C)OCC(=O)O)cc1.